The van der Waals surface area contributed by atoms with E-state index in [4.69, 9.17) is 0 Å². The lowest BCUT2D eigenvalue weighted by molar-refractivity contribution is 0.159. The summed E-state index contributed by atoms with van der Waals surface area (Å²) < 4.78 is 0. The van der Waals surface area contributed by atoms with Crippen LogP contribution < -0.4 is 5.32 Å². The fourth-order valence-corrected chi connectivity index (χ4v) is 2.91. The molecule has 1 aliphatic carbocycles. The molecular weight excluding hydrogens is 184 g/mol. The van der Waals surface area contributed by atoms with E-state index >= 15 is 0 Å². The van der Waals surface area contributed by atoms with Crippen molar-refractivity contribution < 1.29 is 0 Å². The zero-order valence-electron chi connectivity index (χ0n) is 10.8. The Morgan fingerprint density at radius 3 is 2.47 bits per heavy atom. The van der Waals surface area contributed by atoms with E-state index in [0.29, 0.717) is 0 Å². The molecule has 0 spiro atoms. The molecule has 0 bridgehead atoms. The fraction of sp³-hybridized carbons (Fsp3) is 1.00. The van der Waals surface area contributed by atoms with Gasteiger partial charge in [-0.3, -0.25) is 4.90 Å². The van der Waals surface area contributed by atoms with Gasteiger partial charge in [0.25, 0.3) is 0 Å². The highest BCUT2D eigenvalue weighted by molar-refractivity contribution is 4.85. The minimum absolute atomic E-state index is 0.721. The van der Waals surface area contributed by atoms with Crippen molar-refractivity contribution in [3.63, 3.8) is 0 Å². The van der Waals surface area contributed by atoms with Crippen LogP contribution in [0.3, 0.4) is 0 Å². The maximum atomic E-state index is 3.53. The molecule has 0 aromatic rings. The molecule has 0 amide bonds. The monoisotopic (exact) mass is 212 g/mol. The molecule has 2 heteroatoms. The molecule has 90 valence electrons. The average molecular weight is 212 g/mol. The van der Waals surface area contributed by atoms with E-state index in [1.165, 1.54) is 51.6 Å². The van der Waals surface area contributed by atoms with Crippen LogP contribution in [-0.4, -0.2) is 37.1 Å². The van der Waals surface area contributed by atoms with Gasteiger partial charge in [0, 0.05) is 12.1 Å². The highest BCUT2D eigenvalue weighted by atomic mass is 15.2. The van der Waals surface area contributed by atoms with Crippen LogP contribution in [0.2, 0.25) is 0 Å². The Balaban J connectivity index is 2.58. The molecule has 1 N–H and O–H groups in total. The van der Waals surface area contributed by atoms with E-state index in [1.54, 1.807) is 0 Å². The molecule has 2 unspecified atom stereocenters. The number of nitrogens with one attached hydrogen (secondary N) is 1. The smallest absolute Gasteiger partial charge is 0.0249 e. The first-order valence-electron chi connectivity index (χ1n) is 6.74. The average Bonchev–Trinajstić information content (AvgIpc) is 2.50. The van der Waals surface area contributed by atoms with E-state index in [9.17, 15) is 0 Å². The topological polar surface area (TPSA) is 15.3 Å². The number of nitrogens with zero attached hydrogens (tertiary/aromatic N) is 1. The largest absolute Gasteiger partial charge is 0.315 e. The molecule has 0 saturated heterocycles. The summed E-state index contributed by atoms with van der Waals surface area (Å²) in [6.07, 6.45) is 8.29. The van der Waals surface area contributed by atoms with E-state index in [0.717, 1.165) is 12.1 Å². The maximum Gasteiger partial charge on any atom is 0.0249 e. The van der Waals surface area contributed by atoms with Crippen molar-refractivity contribution in [3.05, 3.63) is 0 Å². The van der Waals surface area contributed by atoms with Crippen LogP contribution in [-0.2, 0) is 0 Å². The molecule has 1 rings (SSSR count). The number of rotatable bonds is 5. The molecule has 1 fully saturated rings. The van der Waals surface area contributed by atoms with Gasteiger partial charge in [-0.15, -0.1) is 0 Å². The molecule has 0 aromatic carbocycles. The van der Waals surface area contributed by atoms with E-state index in [1.807, 2.05) is 0 Å². The van der Waals surface area contributed by atoms with Crippen LogP contribution in [0.5, 0.6) is 0 Å². The summed E-state index contributed by atoms with van der Waals surface area (Å²) in [4.78, 5) is 2.67. The lowest BCUT2D eigenvalue weighted by atomic mass is 10.0. The van der Waals surface area contributed by atoms with Crippen LogP contribution in [0.1, 0.15) is 52.4 Å². The van der Waals surface area contributed by atoms with Crippen molar-refractivity contribution in [1.29, 1.82) is 0 Å². The first kappa shape index (κ1) is 13.0. The van der Waals surface area contributed by atoms with Gasteiger partial charge in [-0.25, -0.2) is 0 Å². The predicted octanol–water partition coefficient (Wildman–Crippen LogP) is 2.64. The third-order valence-electron chi connectivity index (χ3n) is 3.74. The van der Waals surface area contributed by atoms with Crippen molar-refractivity contribution in [1.82, 2.24) is 10.2 Å². The van der Waals surface area contributed by atoms with Crippen LogP contribution in [0.15, 0.2) is 0 Å². The van der Waals surface area contributed by atoms with Crippen molar-refractivity contribution in [3.8, 4) is 0 Å². The molecule has 0 radical (unpaired) electrons. The Hall–Kier alpha value is -0.0800. The first-order valence-corrected chi connectivity index (χ1v) is 6.74. The van der Waals surface area contributed by atoms with Gasteiger partial charge < -0.3 is 5.32 Å². The Morgan fingerprint density at radius 2 is 1.87 bits per heavy atom. The quantitative estimate of drug-likeness (QED) is 0.705. The summed E-state index contributed by atoms with van der Waals surface area (Å²) in [6.45, 7) is 7.05. The predicted molar refractivity (Wildman–Crippen MR) is 67.3 cm³/mol. The molecule has 15 heavy (non-hydrogen) atoms. The van der Waals surface area contributed by atoms with Gasteiger partial charge >= 0.3 is 0 Å². The third kappa shape index (κ3) is 3.76. The standard InChI is InChI=1S/C13H28N2/c1-4-11-15(5-2)13-10-8-6-7-9-12(13)14-3/h12-14H,4-11H2,1-3H3. The van der Waals surface area contributed by atoms with Gasteiger partial charge in [0.05, 0.1) is 0 Å². The minimum atomic E-state index is 0.721. The van der Waals surface area contributed by atoms with Crippen molar-refractivity contribution >= 4 is 0 Å². The summed E-state index contributed by atoms with van der Waals surface area (Å²) in [5.41, 5.74) is 0. The molecule has 0 aliphatic heterocycles. The fourth-order valence-electron chi connectivity index (χ4n) is 2.91. The van der Waals surface area contributed by atoms with Gasteiger partial charge in [-0.2, -0.15) is 0 Å². The third-order valence-corrected chi connectivity index (χ3v) is 3.74. The molecule has 2 nitrogen and oxygen atoms in total. The van der Waals surface area contributed by atoms with Gasteiger partial charge in [0.2, 0.25) is 0 Å². The summed E-state index contributed by atoms with van der Waals surface area (Å²) >= 11 is 0. The lowest BCUT2D eigenvalue weighted by Crippen LogP contribution is -2.48. The summed E-state index contributed by atoms with van der Waals surface area (Å²) in [7, 11) is 2.13. The zero-order chi connectivity index (χ0) is 11.1. The summed E-state index contributed by atoms with van der Waals surface area (Å²) in [5.74, 6) is 0. The normalized spacial score (nSPS) is 28.0. The molecular formula is C13H28N2. The van der Waals surface area contributed by atoms with Crippen molar-refractivity contribution in [2.75, 3.05) is 20.1 Å². The highest BCUT2D eigenvalue weighted by Crippen LogP contribution is 2.22. The van der Waals surface area contributed by atoms with Gasteiger partial charge in [-0.05, 0) is 39.4 Å². The van der Waals surface area contributed by atoms with Gasteiger partial charge in [0.1, 0.15) is 0 Å². The maximum absolute atomic E-state index is 3.53. The first-order chi connectivity index (χ1) is 7.33. The Morgan fingerprint density at radius 1 is 1.13 bits per heavy atom. The van der Waals surface area contributed by atoms with Crippen molar-refractivity contribution in [2.45, 2.75) is 64.5 Å². The number of hydrogen-bond donors (Lipinski definition) is 1. The van der Waals surface area contributed by atoms with Crippen LogP contribution in [0.4, 0.5) is 0 Å². The van der Waals surface area contributed by atoms with Gasteiger partial charge in [-0.1, -0.05) is 33.1 Å². The Kier molecular flexibility index (Phi) is 6.26. The van der Waals surface area contributed by atoms with Gasteiger partial charge in [0.15, 0.2) is 0 Å². The molecule has 0 heterocycles. The number of likely N-dealkylation sites (N-methyl/N-ethyl adjacent to an activating group) is 2. The second-order valence-electron chi connectivity index (χ2n) is 4.73. The van der Waals surface area contributed by atoms with Crippen LogP contribution in [0, 0.1) is 0 Å². The SMILES string of the molecule is CCCN(CC)C1CCCCCC1NC. The van der Waals surface area contributed by atoms with E-state index < -0.39 is 0 Å². The second-order valence-corrected chi connectivity index (χ2v) is 4.73. The summed E-state index contributed by atoms with van der Waals surface area (Å²) in [6, 6.07) is 1.50. The molecule has 0 aromatic heterocycles. The highest BCUT2D eigenvalue weighted by Gasteiger charge is 2.26. The Bertz CT molecular complexity index is 159. The summed E-state index contributed by atoms with van der Waals surface area (Å²) in [5, 5.41) is 3.53. The Labute approximate surface area is 95.4 Å². The van der Waals surface area contributed by atoms with E-state index in [2.05, 4.69) is 31.1 Å². The van der Waals surface area contributed by atoms with Crippen LogP contribution >= 0.6 is 0 Å². The lowest BCUT2D eigenvalue weighted by Gasteiger charge is -2.35. The van der Waals surface area contributed by atoms with Crippen LogP contribution in [0.25, 0.3) is 0 Å². The molecule has 1 saturated carbocycles. The zero-order valence-corrected chi connectivity index (χ0v) is 10.8. The molecule has 2 atom stereocenters. The van der Waals surface area contributed by atoms with E-state index in [-0.39, 0.29) is 0 Å². The molecule has 1 aliphatic rings. The number of hydrogen-bond acceptors (Lipinski definition) is 2. The second kappa shape index (κ2) is 7.24. The minimum Gasteiger partial charge on any atom is -0.315 e. The van der Waals surface area contributed by atoms with Crippen molar-refractivity contribution in [2.24, 2.45) is 0 Å².